The van der Waals surface area contributed by atoms with E-state index in [1.54, 1.807) is 0 Å². The van der Waals surface area contributed by atoms with Crippen LogP contribution in [0.2, 0.25) is 0 Å². The van der Waals surface area contributed by atoms with Crippen LogP contribution in [0.5, 0.6) is 0 Å². The molecule has 1 N–H and O–H groups in total. The number of aromatic nitrogens is 5. The van der Waals surface area contributed by atoms with Gasteiger partial charge in [-0.15, -0.1) is 0 Å². The molecule has 2 heterocycles. The Morgan fingerprint density at radius 3 is 2.59 bits per heavy atom. The molecule has 142 valence electrons. The predicted octanol–water partition coefficient (Wildman–Crippen LogP) is 2.74. The van der Waals surface area contributed by atoms with Crippen molar-refractivity contribution in [2.24, 2.45) is 0 Å². The zero-order valence-corrected chi connectivity index (χ0v) is 14.8. The standard InChI is InChI=1S/C18H18F3N5O/c1-3-16-24-10-26(25-16)8-18(27,13-5-4-12(19)6-14(13)20)11(2)17-15(21)7-22-9-23-17/h4-7,9-11,27H,3,8H2,1-2H3. The van der Waals surface area contributed by atoms with Crippen molar-refractivity contribution in [2.75, 3.05) is 0 Å². The van der Waals surface area contributed by atoms with Gasteiger partial charge in [-0.2, -0.15) is 5.10 Å². The highest BCUT2D eigenvalue weighted by Gasteiger charge is 2.41. The Bertz CT molecular complexity index is 948. The Morgan fingerprint density at radius 1 is 1.19 bits per heavy atom. The Morgan fingerprint density at radius 2 is 1.96 bits per heavy atom. The lowest BCUT2D eigenvalue weighted by Crippen LogP contribution is -2.39. The molecule has 2 unspecified atom stereocenters. The van der Waals surface area contributed by atoms with Gasteiger partial charge in [0.1, 0.15) is 35.7 Å². The summed E-state index contributed by atoms with van der Waals surface area (Å²) in [6.45, 7) is 3.14. The highest BCUT2D eigenvalue weighted by atomic mass is 19.1. The number of aliphatic hydroxyl groups is 1. The first-order valence-corrected chi connectivity index (χ1v) is 8.36. The molecule has 0 saturated carbocycles. The Hall–Kier alpha value is -2.81. The molecule has 3 rings (SSSR count). The van der Waals surface area contributed by atoms with Gasteiger partial charge in [0.25, 0.3) is 0 Å². The minimum atomic E-state index is -1.97. The summed E-state index contributed by atoms with van der Waals surface area (Å²) in [5.41, 5.74) is -2.25. The molecule has 6 nitrogen and oxygen atoms in total. The summed E-state index contributed by atoms with van der Waals surface area (Å²) < 4.78 is 43.5. The van der Waals surface area contributed by atoms with Crippen LogP contribution in [-0.2, 0) is 18.6 Å². The maximum Gasteiger partial charge on any atom is 0.163 e. The smallest absolute Gasteiger partial charge is 0.163 e. The maximum atomic E-state index is 14.5. The van der Waals surface area contributed by atoms with Gasteiger partial charge >= 0.3 is 0 Å². The normalized spacial score (nSPS) is 14.7. The van der Waals surface area contributed by atoms with Crippen molar-refractivity contribution in [1.82, 2.24) is 24.7 Å². The second kappa shape index (κ2) is 7.43. The van der Waals surface area contributed by atoms with E-state index in [0.29, 0.717) is 18.3 Å². The fourth-order valence-corrected chi connectivity index (χ4v) is 2.98. The van der Waals surface area contributed by atoms with Gasteiger partial charge in [-0.25, -0.2) is 32.8 Å². The van der Waals surface area contributed by atoms with Crippen molar-refractivity contribution in [1.29, 1.82) is 0 Å². The molecule has 0 amide bonds. The molecule has 0 aliphatic carbocycles. The zero-order chi connectivity index (χ0) is 19.6. The third kappa shape index (κ3) is 3.68. The molecule has 0 spiro atoms. The number of hydrogen-bond donors (Lipinski definition) is 1. The Balaban J connectivity index is 2.11. The fraction of sp³-hybridized carbons (Fsp3) is 0.333. The van der Waals surface area contributed by atoms with Crippen molar-refractivity contribution in [3.8, 4) is 0 Å². The van der Waals surface area contributed by atoms with Crippen LogP contribution in [0.25, 0.3) is 0 Å². The van der Waals surface area contributed by atoms with E-state index in [9.17, 15) is 18.3 Å². The molecule has 0 fully saturated rings. The summed E-state index contributed by atoms with van der Waals surface area (Å²) in [4.78, 5) is 11.6. The van der Waals surface area contributed by atoms with Gasteiger partial charge in [0, 0.05) is 24.0 Å². The minimum absolute atomic E-state index is 0.0907. The first-order valence-electron chi connectivity index (χ1n) is 8.36. The molecule has 0 aliphatic heterocycles. The molecule has 3 aromatic rings. The van der Waals surface area contributed by atoms with Gasteiger partial charge in [0.05, 0.1) is 18.4 Å². The largest absolute Gasteiger partial charge is 0.382 e. The predicted molar refractivity (Wildman–Crippen MR) is 90.1 cm³/mol. The summed E-state index contributed by atoms with van der Waals surface area (Å²) in [7, 11) is 0. The molecule has 9 heteroatoms. The van der Waals surface area contributed by atoms with Gasteiger partial charge in [0.2, 0.25) is 0 Å². The van der Waals surface area contributed by atoms with E-state index in [-0.39, 0.29) is 17.8 Å². The van der Waals surface area contributed by atoms with E-state index in [4.69, 9.17) is 0 Å². The Kier molecular flexibility index (Phi) is 5.22. The number of halogens is 3. The third-order valence-electron chi connectivity index (χ3n) is 4.52. The van der Waals surface area contributed by atoms with Crippen LogP contribution >= 0.6 is 0 Å². The van der Waals surface area contributed by atoms with Crippen molar-refractivity contribution in [3.63, 3.8) is 0 Å². The van der Waals surface area contributed by atoms with Crippen LogP contribution in [0.4, 0.5) is 13.2 Å². The SMILES string of the molecule is CCc1ncn(CC(O)(c2ccc(F)cc2F)C(C)c2ncncc2F)n1. The molecular weight excluding hydrogens is 359 g/mol. The van der Waals surface area contributed by atoms with E-state index in [1.807, 2.05) is 6.92 Å². The van der Waals surface area contributed by atoms with Crippen molar-refractivity contribution in [3.05, 3.63) is 71.6 Å². The summed E-state index contributed by atoms with van der Waals surface area (Å²) in [5, 5.41) is 15.7. The monoisotopic (exact) mass is 377 g/mol. The van der Waals surface area contributed by atoms with E-state index in [1.165, 1.54) is 17.9 Å². The summed E-state index contributed by atoms with van der Waals surface area (Å²) in [6.07, 6.45) is 4.08. The van der Waals surface area contributed by atoms with Gasteiger partial charge in [-0.3, -0.25) is 0 Å². The number of benzene rings is 1. The molecule has 1 aromatic carbocycles. The third-order valence-corrected chi connectivity index (χ3v) is 4.52. The van der Waals surface area contributed by atoms with Gasteiger partial charge in [-0.05, 0) is 6.07 Å². The quantitative estimate of drug-likeness (QED) is 0.715. The van der Waals surface area contributed by atoms with Crippen LogP contribution < -0.4 is 0 Å². The van der Waals surface area contributed by atoms with E-state index in [2.05, 4.69) is 20.1 Å². The molecule has 2 aromatic heterocycles. The summed E-state index contributed by atoms with van der Waals surface area (Å²) in [6, 6.07) is 2.84. The average Bonchev–Trinajstić information content (AvgIpc) is 3.08. The first kappa shape index (κ1) is 19.0. The van der Waals surface area contributed by atoms with Gasteiger partial charge in [-0.1, -0.05) is 19.9 Å². The van der Waals surface area contributed by atoms with E-state index < -0.39 is 29.0 Å². The molecule has 0 saturated heterocycles. The lowest BCUT2D eigenvalue weighted by atomic mass is 9.79. The number of rotatable bonds is 6. The zero-order valence-electron chi connectivity index (χ0n) is 14.8. The van der Waals surface area contributed by atoms with Crippen molar-refractivity contribution < 1.29 is 18.3 Å². The number of nitrogens with zero attached hydrogens (tertiary/aromatic N) is 5. The lowest BCUT2D eigenvalue weighted by Gasteiger charge is -2.34. The highest BCUT2D eigenvalue weighted by Crippen LogP contribution is 2.39. The fourth-order valence-electron chi connectivity index (χ4n) is 2.98. The van der Waals surface area contributed by atoms with E-state index >= 15 is 0 Å². The second-order valence-corrected chi connectivity index (χ2v) is 6.24. The summed E-state index contributed by atoms with van der Waals surface area (Å²) >= 11 is 0. The second-order valence-electron chi connectivity index (χ2n) is 6.24. The number of hydrogen-bond acceptors (Lipinski definition) is 5. The topological polar surface area (TPSA) is 76.7 Å². The average molecular weight is 377 g/mol. The molecule has 0 aliphatic rings. The van der Waals surface area contributed by atoms with Crippen molar-refractivity contribution >= 4 is 0 Å². The molecule has 2 atom stereocenters. The van der Waals surface area contributed by atoms with Crippen LogP contribution in [-0.4, -0.2) is 29.8 Å². The summed E-state index contributed by atoms with van der Waals surface area (Å²) in [5.74, 6) is -2.92. The van der Waals surface area contributed by atoms with Crippen LogP contribution in [0, 0.1) is 17.5 Å². The minimum Gasteiger partial charge on any atom is -0.382 e. The molecule has 27 heavy (non-hydrogen) atoms. The van der Waals surface area contributed by atoms with Crippen LogP contribution in [0.15, 0.2) is 37.1 Å². The van der Waals surface area contributed by atoms with Gasteiger partial charge < -0.3 is 5.11 Å². The molecule has 0 bridgehead atoms. The van der Waals surface area contributed by atoms with Crippen LogP contribution in [0.1, 0.15) is 36.8 Å². The van der Waals surface area contributed by atoms with Crippen molar-refractivity contribution in [2.45, 2.75) is 38.3 Å². The van der Waals surface area contributed by atoms with Crippen LogP contribution in [0.3, 0.4) is 0 Å². The molecular formula is C18H18F3N5O. The molecule has 0 radical (unpaired) electrons. The van der Waals surface area contributed by atoms with E-state index in [0.717, 1.165) is 24.7 Å². The highest BCUT2D eigenvalue weighted by molar-refractivity contribution is 5.30. The lowest BCUT2D eigenvalue weighted by molar-refractivity contribution is -0.0134. The Labute approximate surface area is 153 Å². The van der Waals surface area contributed by atoms with Gasteiger partial charge in [0.15, 0.2) is 5.82 Å². The maximum absolute atomic E-state index is 14.5. The number of aryl methyl sites for hydroxylation is 1. The first-order chi connectivity index (χ1) is 12.8.